The van der Waals surface area contributed by atoms with Crippen LogP contribution in [0.5, 0.6) is 0 Å². The number of carbonyl (C=O) groups is 2. The van der Waals surface area contributed by atoms with E-state index in [4.69, 9.17) is 11.6 Å². The summed E-state index contributed by atoms with van der Waals surface area (Å²) in [6, 6.07) is 15.2. The average Bonchev–Trinajstić information content (AvgIpc) is 3.49. The summed E-state index contributed by atoms with van der Waals surface area (Å²) in [5.41, 5.74) is 2.51. The highest BCUT2D eigenvalue weighted by atomic mass is 35.5. The van der Waals surface area contributed by atoms with Crippen LogP contribution in [0.25, 0.3) is 0 Å². The number of hydrogen-bond donors (Lipinski definition) is 1. The van der Waals surface area contributed by atoms with Crippen molar-refractivity contribution in [2.45, 2.75) is 31.8 Å². The molecule has 0 spiro atoms. The first-order chi connectivity index (χ1) is 13.1. The van der Waals surface area contributed by atoms with Crippen LogP contribution in [0.15, 0.2) is 48.5 Å². The number of anilines is 1. The Morgan fingerprint density at radius 2 is 1.74 bits per heavy atom. The maximum absolute atomic E-state index is 12.9. The fourth-order valence-electron chi connectivity index (χ4n) is 3.27. The lowest BCUT2D eigenvalue weighted by Crippen LogP contribution is -2.49. The summed E-state index contributed by atoms with van der Waals surface area (Å²) in [7, 11) is 0. The van der Waals surface area contributed by atoms with Crippen LogP contribution in [-0.4, -0.2) is 36.0 Å². The minimum Gasteiger partial charge on any atom is -0.349 e. The summed E-state index contributed by atoms with van der Waals surface area (Å²) in [6.45, 7) is 1.98. The van der Waals surface area contributed by atoms with Crippen LogP contribution >= 0.6 is 11.6 Å². The quantitative estimate of drug-likeness (QED) is 0.846. The lowest BCUT2D eigenvalue weighted by molar-refractivity contribution is 0.0951. The van der Waals surface area contributed by atoms with Gasteiger partial charge in [-0.25, -0.2) is 4.79 Å². The first-order valence-corrected chi connectivity index (χ1v) is 9.70. The van der Waals surface area contributed by atoms with Crippen LogP contribution in [0.1, 0.15) is 35.2 Å². The zero-order valence-electron chi connectivity index (χ0n) is 15.0. The number of urea groups is 1. The number of nitrogens with one attached hydrogen (secondary N) is 1. The molecule has 6 heteroatoms. The van der Waals surface area contributed by atoms with Gasteiger partial charge in [-0.3, -0.25) is 9.69 Å². The topological polar surface area (TPSA) is 52.7 Å². The summed E-state index contributed by atoms with van der Waals surface area (Å²) in [4.78, 5) is 28.7. The summed E-state index contributed by atoms with van der Waals surface area (Å²) in [5, 5.41) is 3.67. The molecule has 1 saturated carbocycles. The molecule has 27 heavy (non-hydrogen) atoms. The van der Waals surface area contributed by atoms with Crippen molar-refractivity contribution < 1.29 is 9.59 Å². The SMILES string of the molecule is O=C(NC1CC1)c1ccc(N2CCCN(Cc3ccc(Cl)cc3)C2=O)cc1. The van der Waals surface area contributed by atoms with Gasteiger partial charge >= 0.3 is 6.03 Å². The van der Waals surface area contributed by atoms with Crippen LogP contribution in [0.2, 0.25) is 5.02 Å². The second kappa shape index (κ2) is 7.61. The van der Waals surface area contributed by atoms with Gasteiger partial charge in [-0.2, -0.15) is 0 Å². The largest absolute Gasteiger partial charge is 0.349 e. The van der Waals surface area contributed by atoms with E-state index in [0.29, 0.717) is 29.7 Å². The smallest absolute Gasteiger partial charge is 0.324 e. The molecule has 1 N–H and O–H groups in total. The predicted octanol–water partition coefficient (Wildman–Crippen LogP) is 4.06. The van der Waals surface area contributed by atoms with E-state index in [-0.39, 0.29) is 11.9 Å². The van der Waals surface area contributed by atoms with Crippen molar-refractivity contribution in [1.82, 2.24) is 10.2 Å². The molecule has 2 fully saturated rings. The van der Waals surface area contributed by atoms with Crippen LogP contribution < -0.4 is 10.2 Å². The molecular formula is C21H22ClN3O2. The molecule has 4 rings (SSSR count). The Hall–Kier alpha value is -2.53. The summed E-state index contributed by atoms with van der Waals surface area (Å²) in [6.07, 6.45) is 3.04. The molecule has 140 valence electrons. The van der Waals surface area contributed by atoms with E-state index in [2.05, 4.69) is 5.32 Å². The molecule has 2 aromatic rings. The molecule has 1 aliphatic heterocycles. The van der Waals surface area contributed by atoms with Gasteiger partial charge in [-0.15, -0.1) is 0 Å². The number of amides is 3. The Balaban J connectivity index is 1.43. The van der Waals surface area contributed by atoms with Gasteiger partial charge in [-0.1, -0.05) is 23.7 Å². The van der Waals surface area contributed by atoms with Gasteiger partial charge in [-0.05, 0) is 61.2 Å². The number of hydrogen-bond acceptors (Lipinski definition) is 2. The lowest BCUT2D eigenvalue weighted by Gasteiger charge is -2.35. The number of carbonyl (C=O) groups excluding carboxylic acids is 2. The maximum atomic E-state index is 12.9. The van der Waals surface area contributed by atoms with Crippen molar-refractivity contribution in [2.75, 3.05) is 18.0 Å². The van der Waals surface area contributed by atoms with Crippen molar-refractivity contribution in [1.29, 1.82) is 0 Å². The molecule has 0 aromatic heterocycles. The average molecular weight is 384 g/mol. The fraction of sp³-hybridized carbons (Fsp3) is 0.333. The zero-order chi connectivity index (χ0) is 18.8. The normalized spacial score (nSPS) is 17.1. The Bertz CT molecular complexity index is 832. The molecule has 0 unspecified atom stereocenters. The summed E-state index contributed by atoms with van der Waals surface area (Å²) >= 11 is 5.94. The van der Waals surface area contributed by atoms with Crippen LogP contribution in [-0.2, 0) is 6.54 Å². The predicted molar refractivity (Wildman–Crippen MR) is 106 cm³/mol. The van der Waals surface area contributed by atoms with E-state index in [9.17, 15) is 9.59 Å². The van der Waals surface area contributed by atoms with Crippen molar-refractivity contribution in [3.63, 3.8) is 0 Å². The Labute approximate surface area is 163 Å². The van der Waals surface area contributed by atoms with Crippen LogP contribution in [0.4, 0.5) is 10.5 Å². The second-order valence-corrected chi connectivity index (χ2v) is 7.57. The molecule has 2 aromatic carbocycles. The van der Waals surface area contributed by atoms with Crippen molar-refractivity contribution >= 4 is 29.2 Å². The summed E-state index contributed by atoms with van der Waals surface area (Å²) in [5.74, 6) is -0.0432. The molecule has 1 heterocycles. The van der Waals surface area contributed by atoms with Gasteiger partial charge in [0.15, 0.2) is 0 Å². The molecule has 0 bridgehead atoms. The van der Waals surface area contributed by atoms with E-state index in [1.165, 1.54) is 0 Å². The lowest BCUT2D eigenvalue weighted by atomic mass is 10.1. The van der Waals surface area contributed by atoms with Crippen LogP contribution in [0.3, 0.4) is 0 Å². The Kier molecular flexibility index (Phi) is 5.03. The van der Waals surface area contributed by atoms with E-state index in [1.54, 1.807) is 17.0 Å². The van der Waals surface area contributed by atoms with Gasteiger partial charge in [0.05, 0.1) is 0 Å². The number of nitrogens with zero attached hydrogens (tertiary/aromatic N) is 2. The number of halogens is 1. The third-order valence-corrected chi connectivity index (χ3v) is 5.20. The Morgan fingerprint density at radius 3 is 2.41 bits per heavy atom. The maximum Gasteiger partial charge on any atom is 0.324 e. The van der Waals surface area contributed by atoms with E-state index in [0.717, 1.165) is 37.1 Å². The highest BCUT2D eigenvalue weighted by Crippen LogP contribution is 2.23. The molecule has 3 amide bonds. The first kappa shape index (κ1) is 17.9. The van der Waals surface area contributed by atoms with Gasteiger partial charge in [0.2, 0.25) is 0 Å². The minimum absolute atomic E-state index is 0.00798. The number of benzene rings is 2. The van der Waals surface area contributed by atoms with E-state index < -0.39 is 0 Å². The molecule has 1 saturated heterocycles. The van der Waals surface area contributed by atoms with Crippen molar-refractivity contribution in [3.05, 3.63) is 64.7 Å². The highest BCUT2D eigenvalue weighted by Gasteiger charge is 2.27. The molecule has 1 aliphatic carbocycles. The zero-order valence-corrected chi connectivity index (χ0v) is 15.8. The standard InChI is InChI=1S/C21H22ClN3O2/c22-17-6-2-15(3-7-17)14-24-12-1-13-25(21(24)27)19-10-4-16(5-11-19)20(26)23-18-8-9-18/h2-7,10-11,18H,1,8-9,12-14H2,(H,23,26). The molecule has 5 nitrogen and oxygen atoms in total. The van der Waals surface area contributed by atoms with Gasteiger partial charge in [0, 0.05) is 41.9 Å². The molecule has 0 atom stereocenters. The molecule has 0 radical (unpaired) electrons. The third kappa shape index (κ3) is 4.25. The van der Waals surface area contributed by atoms with Crippen molar-refractivity contribution in [2.24, 2.45) is 0 Å². The van der Waals surface area contributed by atoms with Gasteiger partial charge in [0.1, 0.15) is 0 Å². The van der Waals surface area contributed by atoms with E-state index in [1.807, 2.05) is 41.3 Å². The van der Waals surface area contributed by atoms with Crippen molar-refractivity contribution in [3.8, 4) is 0 Å². The molecule has 2 aliphatic rings. The minimum atomic E-state index is -0.0432. The van der Waals surface area contributed by atoms with Gasteiger partial charge < -0.3 is 10.2 Å². The Morgan fingerprint density at radius 1 is 1.04 bits per heavy atom. The van der Waals surface area contributed by atoms with Gasteiger partial charge in [0.25, 0.3) is 5.91 Å². The highest BCUT2D eigenvalue weighted by molar-refractivity contribution is 6.30. The number of rotatable bonds is 5. The van der Waals surface area contributed by atoms with Crippen LogP contribution in [0, 0.1) is 0 Å². The second-order valence-electron chi connectivity index (χ2n) is 7.13. The first-order valence-electron chi connectivity index (χ1n) is 9.32. The summed E-state index contributed by atoms with van der Waals surface area (Å²) < 4.78 is 0. The molecular weight excluding hydrogens is 362 g/mol. The third-order valence-electron chi connectivity index (χ3n) is 4.95. The monoisotopic (exact) mass is 383 g/mol. The fourth-order valence-corrected chi connectivity index (χ4v) is 3.39. The van der Waals surface area contributed by atoms with E-state index >= 15 is 0 Å².